The molecule has 0 aromatic rings. The van der Waals surface area contributed by atoms with Crippen molar-refractivity contribution < 1.29 is 23.8 Å². The van der Waals surface area contributed by atoms with Crippen LogP contribution in [0.4, 0.5) is 9.18 Å². The number of alkyl halides is 1. The first-order valence-electron chi connectivity index (χ1n) is 5.69. The molecule has 6 nitrogen and oxygen atoms in total. The summed E-state index contributed by atoms with van der Waals surface area (Å²) in [6.07, 6.45) is -1.14. The van der Waals surface area contributed by atoms with Crippen LogP contribution in [-0.4, -0.2) is 52.5 Å². The molecule has 1 fully saturated rings. The molecule has 1 rings (SSSR count). The molecule has 0 spiro atoms. The molecule has 104 valence electrons. The Bertz CT molecular complexity index is 355. The van der Waals surface area contributed by atoms with Crippen LogP contribution in [0.3, 0.4) is 0 Å². The van der Waals surface area contributed by atoms with Gasteiger partial charge in [-0.25, -0.2) is 14.0 Å². The first-order chi connectivity index (χ1) is 8.08. The van der Waals surface area contributed by atoms with Crippen LogP contribution in [0.25, 0.3) is 0 Å². The average Bonchev–Trinajstić information content (AvgIpc) is 2.55. The van der Waals surface area contributed by atoms with E-state index in [1.165, 1.54) is 0 Å². The molecule has 2 unspecified atom stereocenters. The van der Waals surface area contributed by atoms with Gasteiger partial charge in [0.15, 0.2) is 0 Å². The third-order valence-corrected chi connectivity index (χ3v) is 2.67. The number of amides is 1. The lowest BCUT2D eigenvalue weighted by molar-refractivity contribution is -0.142. The van der Waals surface area contributed by atoms with Gasteiger partial charge in [-0.1, -0.05) is 0 Å². The molecule has 7 heteroatoms. The predicted octanol–water partition coefficient (Wildman–Crippen LogP) is 0.747. The molecule has 3 N–H and O–H groups in total. The Morgan fingerprint density at radius 2 is 2.11 bits per heavy atom. The quantitative estimate of drug-likeness (QED) is 0.766. The number of rotatable bonds is 2. The van der Waals surface area contributed by atoms with Crippen molar-refractivity contribution in [3.8, 4) is 0 Å². The molecule has 1 aliphatic heterocycles. The molecule has 1 amide bonds. The fourth-order valence-corrected chi connectivity index (χ4v) is 1.82. The Labute approximate surface area is 105 Å². The minimum Gasteiger partial charge on any atom is -0.480 e. The van der Waals surface area contributed by atoms with Crippen molar-refractivity contribution in [2.45, 2.75) is 44.5 Å². The van der Waals surface area contributed by atoms with Crippen LogP contribution >= 0.6 is 0 Å². The van der Waals surface area contributed by atoms with Gasteiger partial charge in [0.05, 0.1) is 6.54 Å². The van der Waals surface area contributed by atoms with Gasteiger partial charge in [0, 0.05) is 13.0 Å². The van der Waals surface area contributed by atoms with E-state index < -0.39 is 29.4 Å². The number of carboxylic acid groups (broad SMARTS) is 1. The third-order valence-electron chi connectivity index (χ3n) is 2.67. The second-order valence-electron chi connectivity index (χ2n) is 5.52. The Hall–Kier alpha value is -1.37. The van der Waals surface area contributed by atoms with Gasteiger partial charge in [-0.2, -0.15) is 0 Å². The molecule has 0 bridgehead atoms. The molecule has 18 heavy (non-hydrogen) atoms. The molecule has 0 aliphatic carbocycles. The molecular weight excluding hydrogens is 243 g/mol. The number of halogens is 1. The Balaban J connectivity index is 2.85. The number of carboxylic acids is 1. The summed E-state index contributed by atoms with van der Waals surface area (Å²) in [6, 6.07) is -1.23. The molecule has 2 atom stereocenters. The van der Waals surface area contributed by atoms with Crippen LogP contribution in [0.15, 0.2) is 0 Å². The lowest BCUT2D eigenvalue weighted by atomic mass is 10.0. The van der Waals surface area contributed by atoms with Gasteiger partial charge in [-0.15, -0.1) is 0 Å². The fraction of sp³-hybridized carbons (Fsp3) is 0.818. The number of ether oxygens (including phenoxy) is 1. The monoisotopic (exact) mass is 262 g/mol. The second-order valence-corrected chi connectivity index (χ2v) is 5.52. The maximum atomic E-state index is 14.1. The Morgan fingerprint density at radius 3 is 2.50 bits per heavy atom. The molecule has 1 aliphatic rings. The summed E-state index contributed by atoms with van der Waals surface area (Å²) in [5.41, 5.74) is 2.65. The molecule has 0 aromatic heterocycles. The van der Waals surface area contributed by atoms with Crippen LogP contribution in [0.5, 0.6) is 0 Å². The van der Waals surface area contributed by atoms with E-state index >= 15 is 0 Å². The maximum absolute atomic E-state index is 14.1. The summed E-state index contributed by atoms with van der Waals surface area (Å²) in [7, 11) is 0. The summed E-state index contributed by atoms with van der Waals surface area (Å²) in [5.74, 6) is -1.26. The number of carbonyl (C=O) groups is 2. The van der Waals surface area contributed by atoms with Crippen molar-refractivity contribution in [3.05, 3.63) is 0 Å². The van der Waals surface area contributed by atoms with Crippen molar-refractivity contribution in [2.75, 3.05) is 13.1 Å². The van der Waals surface area contributed by atoms with E-state index in [0.29, 0.717) is 0 Å². The highest BCUT2D eigenvalue weighted by atomic mass is 19.1. The van der Waals surface area contributed by atoms with Gasteiger partial charge in [0.1, 0.15) is 17.3 Å². The lowest BCUT2D eigenvalue weighted by Crippen LogP contribution is -2.44. The van der Waals surface area contributed by atoms with Crippen LogP contribution in [-0.2, 0) is 9.53 Å². The van der Waals surface area contributed by atoms with Crippen LogP contribution in [0, 0.1) is 0 Å². The lowest BCUT2D eigenvalue weighted by Gasteiger charge is -2.26. The Morgan fingerprint density at radius 1 is 1.56 bits per heavy atom. The summed E-state index contributed by atoms with van der Waals surface area (Å²) in [6.45, 7) is 4.29. The number of aliphatic carboxylic acids is 1. The standard InChI is InChI=1S/C11H19FN2O4/c1-10(2,3)18-9(17)14-6-11(12,5-13)4-7(14)8(15)16/h7H,4-6,13H2,1-3H3,(H,15,16). The molecule has 0 saturated carbocycles. The highest BCUT2D eigenvalue weighted by Crippen LogP contribution is 2.31. The normalized spacial score (nSPS) is 28.3. The van der Waals surface area contributed by atoms with Crippen molar-refractivity contribution >= 4 is 12.1 Å². The van der Waals surface area contributed by atoms with Crippen LogP contribution in [0.1, 0.15) is 27.2 Å². The largest absolute Gasteiger partial charge is 0.480 e. The highest BCUT2D eigenvalue weighted by molar-refractivity contribution is 5.81. The smallest absolute Gasteiger partial charge is 0.411 e. The van der Waals surface area contributed by atoms with E-state index in [9.17, 15) is 14.0 Å². The number of nitrogens with two attached hydrogens (primary N) is 1. The SMILES string of the molecule is CC(C)(C)OC(=O)N1CC(F)(CN)CC1C(=O)O. The molecule has 1 heterocycles. The highest BCUT2D eigenvalue weighted by Gasteiger charge is 2.50. The molecule has 1 saturated heterocycles. The summed E-state index contributed by atoms with van der Waals surface area (Å²) < 4.78 is 19.1. The Kier molecular flexibility index (Phi) is 3.85. The van der Waals surface area contributed by atoms with Crippen LogP contribution in [0.2, 0.25) is 0 Å². The van der Waals surface area contributed by atoms with Crippen molar-refractivity contribution in [1.82, 2.24) is 4.90 Å². The predicted molar refractivity (Wildman–Crippen MR) is 61.9 cm³/mol. The minimum atomic E-state index is -1.86. The van der Waals surface area contributed by atoms with E-state index in [1.54, 1.807) is 20.8 Å². The van der Waals surface area contributed by atoms with Crippen molar-refractivity contribution in [2.24, 2.45) is 5.73 Å². The van der Waals surface area contributed by atoms with Crippen molar-refractivity contribution in [3.63, 3.8) is 0 Å². The summed E-state index contributed by atoms with van der Waals surface area (Å²) in [5, 5.41) is 9.00. The number of nitrogens with zero attached hydrogens (tertiary/aromatic N) is 1. The van der Waals surface area contributed by atoms with Gasteiger partial charge < -0.3 is 15.6 Å². The fourth-order valence-electron chi connectivity index (χ4n) is 1.82. The van der Waals surface area contributed by atoms with E-state index in [2.05, 4.69) is 0 Å². The van der Waals surface area contributed by atoms with E-state index in [-0.39, 0.29) is 19.5 Å². The third kappa shape index (κ3) is 3.32. The van der Waals surface area contributed by atoms with Crippen LogP contribution < -0.4 is 5.73 Å². The zero-order valence-corrected chi connectivity index (χ0v) is 10.8. The molecule has 0 aromatic carbocycles. The maximum Gasteiger partial charge on any atom is 0.411 e. The van der Waals surface area contributed by atoms with Gasteiger partial charge in [0.25, 0.3) is 0 Å². The van der Waals surface area contributed by atoms with E-state index in [0.717, 1.165) is 4.90 Å². The van der Waals surface area contributed by atoms with Gasteiger partial charge in [0.2, 0.25) is 0 Å². The first kappa shape index (κ1) is 14.7. The number of hydrogen-bond acceptors (Lipinski definition) is 4. The topological polar surface area (TPSA) is 92.9 Å². The number of likely N-dealkylation sites (tertiary alicyclic amines) is 1. The van der Waals surface area contributed by atoms with E-state index in [4.69, 9.17) is 15.6 Å². The number of carbonyl (C=O) groups excluding carboxylic acids is 1. The van der Waals surface area contributed by atoms with Gasteiger partial charge in [-0.3, -0.25) is 4.90 Å². The first-order valence-corrected chi connectivity index (χ1v) is 5.69. The zero-order chi connectivity index (χ0) is 14.1. The minimum absolute atomic E-state index is 0.307. The molecular formula is C11H19FN2O4. The van der Waals surface area contributed by atoms with E-state index in [1.807, 2.05) is 0 Å². The van der Waals surface area contributed by atoms with Gasteiger partial charge in [-0.05, 0) is 20.8 Å². The van der Waals surface area contributed by atoms with Gasteiger partial charge >= 0.3 is 12.1 Å². The zero-order valence-electron chi connectivity index (χ0n) is 10.8. The number of hydrogen-bond donors (Lipinski definition) is 2. The molecule has 0 radical (unpaired) electrons. The summed E-state index contributed by atoms with van der Waals surface area (Å²) >= 11 is 0. The second kappa shape index (κ2) is 4.72. The average molecular weight is 262 g/mol. The summed E-state index contributed by atoms with van der Waals surface area (Å²) in [4.78, 5) is 23.7. The van der Waals surface area contributed by atoms with Crippen molar-refractivity contribution in [1.29, 1.82) is 0 Å².